The lowest BCUT2D eigenvalue weighted by atomic mass is 10.3. The lowest BCUT2D eigenvalue weighted by Crippen LogP contribution is -2.24. The van der Waals surface area contributed by atoms with Crippen LogP contribution < -0.4 is 9.46 Å². The number of halogens is 2. The molecule has 0 aliphatic carbocycles. The summed E-state index contributed by atoms with van der Waals surface area (Å²) in [6.07, 6.45) is 0.932. The Morgan fingerprint density at radius 1 is 1.08 bits per heavy atom. The van der Waals surface area contributed by atoms with Crippen molar-refractivity contribution in [1.82, 2.24) is 14.9 Å². The number of hydrogen-bond acceptors (Lipinski definition) is 7. The lowest BCUT2D eigenvalue weighted by Gasteiger charge is -2.10. The Kier molecular flexibility index (Phi) is 5.34. The van der Waals surface area contributed by atoms with Crippen molar-refractivity contribution in [2.24, 2.45) is 0 Å². The monoisotopic (exact) mass is 393 g/mol. The van der Waals surface area contributed by atoms with Crippen molar-refractivity contribution in [3.63, 3.8) is 0 Å². The molecule has 1 aromatic carbocycles. The first kappa shape index (κ1) is 19.1. The van der Waals surface area contributed by atoms with Crippen LogP contribution in [0.3, 0.4) is 0 Å². The fourth-order valence-corrected chi connectivity index (χ4v) is 3.26. The van der Waals surface area contributed by atoms with Gasteiger partial charge in [-0.2, -0.15) is 0 Å². The summed E-state index contributed by atoms with van der Waals surface area (Å²) < 4.78 is 80.3. The van der Waals surface area contributed by atoms with Gasteiger partial charge in [-0.05, 0) is 18.2 Å². The fraction of sp³-hybridized carbons (Fsp3) is 0.231. The molecule has 0 fully saturated rings. The van der Waals surface area contributed by atoms with E-state index in [1.807, 2.05) is 0 Å². The largest absolute Gasteiger partial charge is 0.495 e. The second kappa shape index (κ2) is 6.98. The standard InChI is InChI=1S/C13H13F2N3O5S2/c1-23-12-6-13(24(2,19)20)18-17-11(12)7-16-25(21,22)8-3-4-9(14)10(15)5-8/h3-6,16H,7H2,1-2H3. The smallest absolute Gasteiger partial charge is 0.241 e. The van der Waals surface area contributed by atoms with E-state index in [0.717, 1.165) is 18.4 Å². The SMILES string of the molecule is COc1cc(S(C)(=O)=O)nnc1CNS(=O)(=O)c1ccc(F)c(F)c1. The molecule has 25 heavy (non-hydrogen) atoms. The zero-order valence-corrected chi connectivity index (χ0v) is 14.7. The van der Waals surface area contributed by atoms with Crippen molar-refractivity contribution in [2.45, 2.75) is 16.5 Å². The third-order valence-electron chi connectivity index (χ3n) is 3.04. The summed E-state index contributed by atoms with van der Waals surface area (Å²) in [4.78, 5) is -0.480. The van der Waals surface area contributed by atoms with Crippen LogP contribution in [0.4, 0.5) is 8.78 Å². The molecule has 0 atom stereocenters. The first-order valence-electron chi connectivity index (χ1n) is 6.60. The Morgan fingerprint density at radius 3 is 2.32 bits per heavy atom. The van der Waals surface area contributed by atoms with Crippen molar-refractivity contribution >= 4 is 19.9 Å². The van der Waals surface area contributed by atoms with E-state index in [9.17, 15) is 25.6 Å². The molecule has 0 unspecified atom stereocenters. The highest BCUT2D eigenvalue weighted by Crippen LogP contribution is 2.20. The molecule has 136 valence electrons. The molecular formula is C13H13F2N3O5S2. The predicted octanol–water partition coefficient (Wildman–Crippen LogP) is 0.645. The van der Waals surface area contributed by atoms with Gasteiger partial charge in [-0.15, -0.1) is 10.2 Å². The van der Waals surface area contributed by atoms with Crippen LogP contribution in [0, 0.1) is 11.6 Å². The molecule has 2 aromatic rings. The molecule has 0 aliphatic rings. The summed E-state index contributed by atoms with van der Waals surface area (Å²) in [7, 11) is -6.53. The van der Waals surface area contributed by atoms with E-state index in [4.69, 9.17) is 4.74 Å². The number of benzene rings is 1. The number of nitrogens with one attached hydrogen (secondary N) is 1. The van der Waals surface area contributed by atoms with Gasteiger partial charge in [-0.25, -0.2) is 30.3 Å². The van der Waals surface area contributed by atoms with Crippen LogP contribution in [0.25, 0.3) is 0 Å². The second-order valence-corrected chi connectivity index (χ2v) is 8.60. The Bertz CT molecular complexity index is 1010. The fourth-order valence-electron chi connectivity index (χ4n) is 1.75. The van der Waals surface area contributed by atoms with Crippen LogP contribution in [0.15, 0.2) is 34.2 Å². The number of methoxy groups -OCH3 is 1. The molecule has 8 nitrogen and oxygen atoms in total. The van der Waals surface area contributed by atoms with Crippen LogP contribution >= 0.6 is 0 Å². The van der Waals surface area contributed by atoms with E-state index in [1.54, 1.807) is 0 Å². The molecule has 0 spiro atoms. The number of ether oxygens (including phenoxy) is 1. The molecule has 1 aromatic heterocycles. The van der Waals surface area contributed by atoms with E-state index in [-0.39, 0.29) is 16.5 Å². The van der Waals surface area contributed by atoms with Gasteiger partial charge in [0.15, 0.2) is 26.5 Å². The van der Waals surface area contributed by atoms with Crippen molar-refractivity contribution in [3.8, 4) is 5.75 Å². The second-order valence-electron chi connectivity index (χ2n) is 4.87. The van der Waals surface area contributed by atoms with E-state index >= 15 is 0 Å². The van der Waals surface area contributed by atoms with Crippen molar-refractivity contribution in [1.29, 1.82) is 0 Å². The molecule has 0 saturated heterocycles. The Labute approximate surface area is 142 Å². The summed E-state index contributed by atoms with van der Waals surface area (Å²) in [5.74, 6) is -2.48. The average Bonchev–Trinajstić information content (AvgIpc) is 2.54. The Hall–Kier alpha value is -2.18. The van der Waals surface area contributed by atoms with Gasteiger partial charge in [0.2, 0.25) is 10.0 Å². The molecule has 0 radical (unpaired) electrons. The molecule has 0 amide bonds. The van der Waals surface area contributed by atoms with E-state index in [2.05, 4.69) is 14.9 Å². The number of rotatable bonds is 6. The summed E-state index contributed by atoms with van der Waals surface area (Å²) >= 11 is 0. The zero-order chi connectivity index (χ0) is 18.8. The third-order valence-corrected chi connectivity index (χ3v) is 5.40. The maximum Gasteiger partial charge on any atom is 0.241 e. The molecular weight excluding hydrogens is 380 g/mol. The van der Waals surface area contributed by atoms with E-state index < -0.39 is 42.9 Å². The average molecular weight is 393 g/mol. The van der Waals surface area contributed by atoms with Gasteiger partial charge in [0, 0.05) is 12.3 Å². The van der Waals surface area contributed by atoms with Gasteiger partial charge in [0.1, 0.15) is 11.4 Å². The maximum absolute atomic E-state index is 13.2. The van der Waals surface area contributed by atoms with Crippen molar-refractivity contribution in [2.75, 3.05) is 13.4 Å². The molecule has 1 heterocycles. The highest BCUT2D eigenvalue weighted by atomic mass is 32.2. The quantitative estimate of drug-likeness (QED) is 0.766. The van der Waals surface area contributed by atoms with E-state index in [1.165, 1.54) is 7.11 Å². The Morgan fingerprint density at radius 2 is 1.76 bits per heavy atom. The van der Waals surface area contributed by atoms with Crippen LogP contribution in [-0.2, 0) is 26.4 Å². The first-order valence-corrected chi connectivity index (χ1v) is 9.97. The van der Waals surface area contributed by atoms with Crippen LogP contribution in [0.1, 0.15) is 5.69 Å². The van der Waals surface area contributed by atoms with Gasteiger partial charge in [-0.1, -0.05) is 0 Å². The maximum atomic E-state index is 13.2. The van der Waals surface area contributed by atoms with Gasteiger partial charge < -0.3 is 4.74 Å². The molecule has 0 aliphatic heterocycles. The Balaban J connectivity index is 2.26. The normalized spacial score (nSPS) is 12.2. The molecule has 2 rings (SSSR count). The minimum Gasteiger partial charge on any atom is -0.495 e. The highest BCUT2D eigenvalue weighted by molar-refractivity contribution is 7.90. The summed E-state index contributed by atoms with van der Waals surface area (Å²) in [6.45, 7) is -0.401. The van der Waals surface area contributed by atoms with Crippen molar-refractivity contribution < 1.29 is 30.4 Å². The van der Waals surface area contributed by atoms with Gasteiger partial charge in [-0.3, -0.25) is 0 Å². The van der Waals surface area contributed by atoms with E-state index in [0.29, 0.717) is 12.1 Å². The predicted molar refractivity (Wildman–Crippen MR) is 82.1 cm³/mol. The minimum atomic E-state index is -4.16. The molecule has 0 saturated carbocycles. The highest BCUT2D eigenvalue weighted by Gasteiger charge is 2.19. The molecule has 0 bridgehead atoms. The minimum absolute atomic E-state index is 0.00316. The van der Waals surface area contributed by atoms with Crippen molar-refractivity contribution in [3.05, 3.63) is 41.6 Å². The number of sulfonamides is 1. The number of aromatic nitrogens is 2. The lowest BCUT2D eigenvalue weighted by molar-refractivity contribution is 0.401. The van der Waals surface area contributed by atoms with Gasteiger partial charge in [0.05, 0.1) is 18.6 Å². The number of sulfone groups is 1. The van der Waals surface area contributed by atoms with Crippen LogP contribution in [0.5, 0.6) is 5.75 Å². The van der Waals surface area contributed by atoms with Gasteiger partial charge >= 0.3 is 0 Å². The van der Waals surface area contributed by atoms with Crippen LogP contribution in [0.2, 0.25) is 0 Å². The third kappa shape index (κ3) is 4.46. The first-order chi connectivity index (χ1) is 11.5. The van der Waals surface area contributed by atoms with Gasteiger partial charge in [0.25, 0.3) is 0 Å². The molecule has 12 heteroatoms. The number of nitrogens with zero attached hydrogens (tertiary/aromatic N) is 2. The summed E-state index contributed by atoms with van der Waals surface area (Å²) in [6, 6.07) is 3.22. The number of hydrogen-bond donors (Lipinski definition) is 1. The summed E-state index contributed by atoms with van der Waals surface area (Å²) in [5, 5.41) is 6.79. The zero-order valence-electron chi connectivity index (χ0n) is 13.0. The summed E-state index contributed by atoms with van der Waals surface area (Å²) in [5.41, 5.74) is 0.0149. The van der Waals surface area contributed by atoms with Crippen LogP contribution in [-0.4, -0.2) is 40.4 Å². The molecule has 1 N–H and O–H groups in total. The topological polar surface area (TPSA) is 115 Å².